The van der Waals surface area contributed by atoms with Crippen LogP contribution in [0.1, 0.15) is 21.5 Å². The first-order valence-electron chi connectivity index (χ1n) is 7.93. The van der Waals surface area contributed by atoms with Gasteiger partial charge in [-0.25, -0.2) is 4.79 Å². The van der Waals surface area contributed by atoms with E-state index in [1.54, 1.807) is 36.4 Å². The summed E-state index contributed by atoms with van der Waals surface area (Å²) in [5.41, 5.74) is 1.88. The largest absolute Gasteiger partial charge is 0.467 e. The number of nitrogens with one attached hydrogen (secondary N) is 1. The Labute approximate surface area is 153 Å². The van der Waals surface area contributed by atoms with Crippen molar-refractivity contribution in [2.75, 3.05) is 6.79 Å². The number of hydrogen-bond acceptors (Lipinski definition) is 5. The first kappa shape index (κ1) is 16.6. The molecule has 0 bridgehead atoms. The Balaban J connectivity index is 1.63. The van der Waals surface area contributed by atoms with Crippen molar-refractivity contribution in [1.29, 1.82) is 0 Å². The van der Waals surface area contributed by atoms with Crippen LogP contribution in [-0.2, 0) is 22.7 Å². The number of hydrogen-bond donors (Lipinski definition) is 1. The Bertz CT molecular complexity index is 1060. The lowest BCUT2D eigenvalue weighted by atomic mass is 10.1. The molecule has 6 nitrogen and oxygen atoms in total. The van der Waals surface area contributed by atoms with E-state index in [0.29, 0.717) is 33.8 Å². The number of pyridine rings is 1. The lowest BCUT2D eigenvalue weighted by Crippen LogP contribution is -2.15. The van der Waals surface area contributed by atoms with Crippen LogP contribution in [0.25, 0.3) is 10.9 Å². The molecule has 1 aromatic heterocycles. The van der Waals surface area contributed by atoms with E-state index in [-0.39, 0.29) is 24.5 Å². The van der Waals surface area contributed by atoms with Gasteiger partial charge in [-0.2, -0.15) is 0 Å². The second-order valence-corrected chi connectivity index (χ2v) is 6.27. The Hall–Kier alpha value is -2.83. The van der Waals surface area contributed by atoms with Gasteiger partial charge in [0.1, 0.15) is 12.4 Å². The molecule has 2 aromatic carbocycles. The third kappa shape index (κ3) is 3.16. The molecule has 0 spiro atoms. The number of carbonyl (C=O) groups excluding carboxylic acids is 1. The van der Waals surface area contributed by atoms with Gasteiger partial charge in [0.2, 0.25) is 5.56 Å². The van der Waals surface area contributed by atoms with Crippen molar-refractivity contribution in [2.45, 2.75) is 13.2 Å². The lowest BCUT2D eigenvalue weighted by molar-refractivity contribution is -0.0180. The van der Waals surface area contributed by atoms with E-state index in [0.717, 1.165) is 5.56 Å². The maximum absolute atomic E-state index is 12.6. The molecular weight excluding hydrogens is 358 g/mol. The lowest BCUT2D eigenvalue weighted by Gasteiger charge is -2.21. The highest BCUT2D eigenvalue weighted by molar-refractivity contribution is 6.30. The quantitative estimate of drug-likeness (QED) is 0.714. The minimum absolute atomic E-state index is 0.0249. The van der Waals surface area contributed by atoms with Crippen LogP contribution in [0.2, 0.25) is 5.02 Å². The molecule has 3 aromatic rings. The van der Waals surface area contributed by atoms with Crippen molar-refractivity contribution in [3.8, 4) is 5.75 Å². The Morgan fingerprint density at radius 2 is 2.08 bits per heavy atom. The summed E-state index contributed by atoms with van der Waals surface area (Å²) >= 11 is 6.12. The van der Waals surface area contributed by atoms with Gasteiger partial charge >= 0.3 is 5.97 Å². The zero-order valence-corrected chi connectivity index (χ0v) is 14.3. The molecular formula is C19H14ClNO5. The fraction of sp³-hybridized carbons (Fsp3) is 0.158. The third-order valence-electron chi connectivity index (χ3n) is 4.08. The molecule has 0 saturated carbocycles. The summed E-state index contributed by atoms with van der Waals surface area (Å²) in [4.78, 5) is 27.1. The summed E-state index contributed by atoms with van der Waals surface area (Å²) in [6, 6.07) is 11.7. The van der Waals surface area contributed by atoms with Crippen molar-refractivity contribution < 1.29 is 19.0 Å². The molecule has 0 saturated heterocycles. The molecule has 0 aliphatic carbocycles. The van der Waals surface area contributed by atoms with Crippen molar-refractivity contribution in [1.82, 2.24) is 4.98 Å². The highest BCUT2D eigenvalue weighted by atomic mass is 35.5. The molecule has 0 unspecified atom stereocenters. The van der Waals surface area contributed by atoms with Crippen LogP contribution in [0.3, 0.4) is 0 Å². The van der Waals surface area contributed by atoms with Gasteiger partial charge in [0.15, 0.2) is 6.79 Å². The number of ether oxygens (including phenoxy) is 3. The van der Waals surface area contributed by atoms with E-state index >= 15 is 0 Å². The van der Waals surface area contributed by atoms with Crippen LogP contribution in [-0.4, -0.2) is 17.7 Å². The van der Waals surface area contributed by atoms with Gasteiger partial charge in [0.25, 0.3) is 0 Å². The summed E-state index contributed by atoms with van der Waals surface area (Å²) in [5, 5.41) is 1.13. The predicted molar refractivity (Wildman–Crippen MR) is 95.4 cm³/mol. The maximum Gasteiger partial charge on any atom is 0.339 e. The SMILES string of the molecule is O=C(OCc1cc(Cl)cc2c1OCOC2)c1cc(=O)[nH]c2ccccc12. The average molecular weight is 372 g/mol. The zero-order chi connectivity index (χ0) is 18.1. The van der Waals surface area contributed by atoms with Crippen LogP contribution >= 0.6 is 11.6 Å². The smallest absolute Gasteiger partial charge is 0.339 e. The normalized spacial score (nSPS) is 13.1. The summed E-state index contributed by atoms with van der Waals surface area (Å²) in [5.74, 6) is 0.0253. The van der Waals surface area contributed by atoms with Crippen LogP contribution in [0, 0.1) is 0 Å². The molecule has 1 aliphatic rings. The number of para-hydroxylation sites is 1. The monoisotopic (exact) mass is 371 g/mol. The first-order valence-corrected chi connectivity index (χ1v) is 8.30. The number of fused-ring (bicyclic) bond motifs is 2. The molecule has 1 aliphatic heterocycles. The summed E-state index contributed by atoms with van der Waals surface area (Å²) in [7, 11) is 0. The Morgan fingerprint density at radius 3 is 2.96 bits per heavy atom. The molecule has 26 heavy (non-hydrogen) atoms. The standard InChI is InChI=1S/C19H14ClNO5/c20-13-5-11-8-24-10-26-18(11)12(6-13)9-25-19(23)15-7-17(22)21-16-4-2-1-3-14(15)16/h1-7H,8-10H2,(H,21,22). The highest BCUT2D eigenvalue weighted by Crippen LogP contribution is 2.32. The van der Waals surface area contributed by atoms with Gasteiger partial charge in [0, 0.05) is 33.1 Å². The Morgan fingerprint density at radius 1 is 1.23 bits per heavy atom. The van der Waals surface area contributed by atoms with Crippen molar-refractivity contribution in [2.24, 2.45) is 0 Å². The van der Waals surface area contributed by atoms with Gasteiger partial charge in [-0.05, 0) is 18.2 Å². The van der Waals surface area contributed by atoms with Crippen molar-refractivity contribution in [3.63, 3.8) is 0 Å². The van der Waals surface area contributed by atoms with E-state index in [1.165, 1.54) is 6.07 Å². The number of esters is 1. The molecule has 1 N–H and O–H groups in total. The minimum Gasteiger partial charge on any atom is -0.467 e. The number of H-pyrrole nitrogens is 1. The molecule has 4 rings (SSSR count). The summed E-state index contributed by atoms with van der Waals surface area (Å²) < 4.78 is 16.2. The highest BCUT2D eigenvalue weighted by Gasteiger charge is 2.19. The van der Waals surface area contributed by atoms with Gasteiger partial charge in [-0.15, -0.1) is 0 Å². The molecule has 132 valence electrons. The van der Waals surface area contributed by atoms with Crippen LogP contribution in [0.4, 0.5) is 0 Å². The van der Waals surface area contributed by atoms with E-state index in [9.17, 15) is 9.59 Å². The van der Waals surface area contributed by atoms with Gasteiger partial charge < -0.3 is 19.2 Å². The Kier molecular flexibility index (Phi) is 4.36. The number of halogens is 1. The summed E-state index contributed by atoms with van der Waals surface area (Å²) in [6.45, 7) is 0.493. The average Bonchev–Trinajstić information content (AvgIpc) is 2.65. The first-order chi connectivity index (χ1) is 12.6. The molecule has 2 heterocycles. The molecule has 0 amide bonds. The zero-order valence-electron chi connectivity index (χ0n) is 13.6. The van der Waals surface area contributed by atoms with E-state index in [2.05, 4.69) is 4.98 Å². The molecule has 0 atom stereocenters. The number of benzene rings is 2. The molecule has 7 heteroatoms. The van der Waals surface area contributed by atoms with Gasteiger partial charge in [-0.1, -0.05) is 29.8 Å². The second-order valence-electron chi connectivity index (χ2n) is 5.83. The second kappa shape index (κ2) is 6.82. The van der Waals surface area contributed by atoms with E-state index < -0.39 is 5.97 Å². The number of rotatable bonds is 3. The third-order valence-corrected chi connectivity index (χ3v) is 4.30. The van der Waals surface area contributed by atoms with Gasteiger partial charge in [-0.3, -0.25) is 4.79 Å². The fourth-order valence-electron chi connectivity index (χ4n) is 2.96. The topological polar surface area (TPSA) is 77.6 Å². The summed E-state index contributed by atoms with van der Waals surface area (Å²) in [6.07, 6.45) is 0. The predicted octanol–water partition coefficient (Wildman–Crippen LogP) is 3.41. The van der Waals surface area contributed by atoms with Crippen LogP contribution in [0.15, 0.2) is 47.3 Å². The van der Waals surface area contributed by atoms with Crippen molar-refractivity contribution in [3.05, 3.63) is 74.5 Å². The van der Waals surface area contributed by atoms with Crippen LogP contribution in [0.5, 0.6) is 5.75 Å². The van der Waals surface area contributed by atoms with E-state index in [4.69, 9.17) is 25.8 Å². The fourth-order valence-corrected chi connectivity index (χ4v) is 3.22. The number of aromatic amines is 1. The van der Waals surface area contributed by atoms with Crippen molar-refractivity contribution >= 4 is 28.5 Å². The minimum atomic E-state index is -0.590. The molecule has 0 radical (unpaired) electrons. The van der Waals surface area contributed by atoms with E-state index in [1.807, 2.05) is 0 Å². The van der Waals surface area contributed by atoms with Crippen LogP contribution < -0.4 is 10.3 Å². The van der Waals surface area contributed by atoms with Gasteiger partial charge in [0.05, 0.1) is 12.2 Å². The maximum atomic E-state index is 12.6. The molecule has 0 fully saturated rings. The number of aromatic nitrogens is 1. The number of carbonyl (C=O) groups is 1.